The first-order valence-electron chi connectivity index (χ1n) is 5.48. The fourth-order valence-electron chi connectivity index (χ4n) is 2.46. The zero-order valence-electron chi connectivity index (χ0n) is 9.37. The number of aliphatic hydroxyl groups excluding tert-OH is 3. The summed E-state index contributed by atoms with van der Waals surface area (Å²) in [6.07, 6.45) is -2.29. The number of aliphatic imine (C=N–C) groups is 1. The van der Waals surface area contributed by atoms with E-state index < -0.39 is 18.3 Å². The minimum absolute atomic E-state index is 0.239. The Balaban J connectivity index is 2.15. The van der Waals surface area contributed by atoms with Crippen LogP contribution in [0.2, 0.25) is 0 Å². The fourth-order valence-corrected chi connectivity index (χ4v) is 2.46. The second-order valence-corrected chi connectivity index (χ2v) is 4.48. The van der Waals surface area contributed by atoms with Gasteiger partial charge in [0.05, 0.1) is 18.2 Å². The molecule has 0 amide bonds. The van der Waals surface area contributed by atoms with E-state index in [4.69, 9.17) is 4.74 Å². The maximum atomic E-state index is 9.92. The van der Waals surface area contributed by atoms with Crippen molar-refractivity contribution in [3.8, 4) is 0 Å². The predicted octanol–water partition coefficient (Wildman–Crippen LogP) is -1.55. The van der Waals surface area contributed by atoms with Crippen molar-refractivity contribution in [2.45, 2.75) is 43.8 Å². The minimum Gasteiger partial charge on any atom is -0.460 e. The third kappa shape index (κ3) is 1.77. The summed E-state index contributed by atoms with van der Waals surface area (Å²) < 4.78 is 5.47. The van der Waals surface area contributed by atoms with E-state index in [1.165, 1.54) is 0 Å². The Morgan fingerprint density at radius 3 is 2.69 bits per heavy atom. The lowest BCUT2D eigenvalue weighted by Gasteiger charge is -2.39. The molecule has 1 heterocycles. The SMILES string of the molecule is CN=C1N[C@@H]2[C@@H](O)[C@H](O)[C@@H]([C@H](C)O)C[C@@H]2O1. The van der Waals surface area contributed by atoms with Crippen LogP contribution in [-0.2, 0) is 4.74 Å². The van der Waals surface area contributed by atoms with Crippen molar-refractivity contribution in [1.29, 1.82) is 0 Å². The Morgan fingerprint density at radius 1 is 1.44 bits per heavy atom. The molecule has 6 heteroatoms. The van der Waals surface area contributed by atoms with Crippen LogP contribution in [0, 0.1) is 5.92 Å². The van der Waals surface area contributed by atoms with Gasteiger partial charge in [-0.3, -0.25) is 0 Å². The van der Waals surface area contributed by atoms with Crippen molar-refractivity contribution in [2.75, 3.05) is 7.05 Å². The number of aliphatic hydroxyl groups is 3. The Hall–Kier alpha value is -0.850. The molecular formula is C10H18N2O4. The van der Waals surface area contributed by atoms with Crippen molar-refractivity contribution in [1.82, 2.24) is 5.32 Å². The van der Waals surface area contributed by atoms with Crippen LogP contribution in [0.4, 0.5) is 0 Å². The molecule has 1 saturated heterocycles. The van der Waals surface area contributed by atoms with Crippen LogP contribution in [0.1, 0.15) is 13.3 Å². The Bertz CT molecular complexity index is 295. The highest BCUT2D eigenvalue weighted by molar-refractivity contribution is 5.76. The van der Waals surface area contributed by atoms with Crippen molar-refractivity contribution in [2.24, 2.45) is 10.9 Å². The molecule has 0 bridgehead atoms. The van der Waals surface area contributed by atoms with Gasteiger partial charge < -0.3 is 25.4 Å². The van der Waals surface area contributed by atoms with Crippen LogP contribution in [-0.4, -0.2) is 58.8 Å². The number of fused-ring (bicyclic) bond motifs is 1. The minimum atomic E-state index is -0.947. The average molecular weight is 230 g/mol. The lowest BCUT2D eigenvalue weighted by atomic mass is 9.77. The van der Waals surface area contributed by atoms with Gasteiger partial charge in [0, 0.05) is 13.0 Å². The van der Waals surface area contributed by atoms with Gasteiger partial charge in [-0.05, 0) is 13.3 Å². The van der Waals surface area contributed by atoms with Crippen LogP contribution in [0.15, 0.2) is 4.99 Å². The highest BCUT2D eigenvalue weighted by Gasteiger charge is 2.49. The number of hydrogen-bond donors (Lipinski definition) is 4. The molecule has 4 N–H and O–H groups in total. The van der Waals surface area contributed by atoms with E-state index in [-0.39, 0.29) is 18.1 Å². The lowest BCUT2D eigenvalue weighted by Crippen LogP contribution is -2.57. The molecule has 1 saturated carbocycles. The molecule has 0 aromatic heterocycles. The molecule has 6 nitrogen and oxygen atoms in total. The molecule has 0 aromatic carbocycles. The normalized spacial score (nSPS) is 47.1. The highest BCUT2D eigenvalue weighted by atomic mass is 16.5. The van der Waals surface area contributed by atoms with E-state index in [9.17, 15) is 15.3 Å². The van der Waals surface area contributed by atoms with E-state index in [1.54, 1.807) is 14.0 Å². The topological polar surface area (TPSA) is 94.3 Å². The fraction of sp³-hybridized carbons (Fsp3) is 0.900. The third-order valence-corrected chi connectivity index (χ3v) is 3.44. The molecule has 2 fully saturated rings. The summed E-state index contributed by atoms with van der Waals surface area (Å²) in [4.78, 5) is 3.87. The van der Waals surface area contributed by atoms with Crippen molar-refractivity contribution in [3.05, 3.63) is 0 Å². The molecule has 1 aliphatic heterocycles. The van der Waals surface area contributed by atoms with Gasteiger partial charge in [0.1, 0.15) is 12.2 Å². The Labute approximate surface area is 94.0 Å². The first-order chi connectivity index (χ1) is 7.54. The quantitative estimate of drug-likeness (QED) is 0.437. The monoisotopic (exact) mass is 230 g/mol. The van der Waals surface area contributed by atoms with Gasteiger partial charge in [-0.25, -0.2) is 4.99 Å². The summed E-state index contributed by atoms with van der Waals surface area (Å²) in [6, 6.07) is 0.0381. The van der Waals surface area contributed by atoms with E-state index >= 15 is 0 Å². The van der Waals surface area contributed by atoms with Gasteiger partial charge in [0.2, 0.25) is 0 Å². The Kier molecular flexibility index (Phi) is 3.05. The van der Waals surface area contributed by atoms with Gasteiger partial charge >= 0.3 is 0 Å². The third-order valence-electron chi connectivity index (χ3n) is 3.44. The molecule has 92 valence electrons. The Morgan fingerprint density at radius 2 is 2.12 bits per heavy atom. The van der Waals surface area contributed by atoms with E-state index in [1.807, 2.05) is 0 Å². The molecule has 6 atom stereocenters. The first-order valence-corrected chi connectivity index (χ1v) is 5.48. The summed E-state index contributed by atoms with van der Waals surface area (Å²) in [5.74, 6) is -0.366. The summed E-state index contributed by atoms with van der Waals surface area (Å²) in [5.41, 5.74) is 0. The predicted molar refractivity (Wildman–Crippen MR) is 57.0 cm³/mol. The molecule has 2 rings (SSSR count). The standard InChI is InChI=1S/C10H18N2O4/c1-4(13)5-3-6-7(9(15)8(5)14)12-10(11-2)16-6/h4-9,13-15H,3H2,1-2H3,(H,11,12)/t4-,5+,6-,7-,8+,9+/m0/s1. The highest BCUT2D eigenvalue weighted by Crippen LogP contribution is 2.32. The molecule has 0 radical (unpaired) electrons. The number of hydrogen-bond acceptors (Lipinski definition) is 5. The smallest absolute Gasteiger partial charge is 0.285 e. The zero-order chi connectivity index (χ0) is 11.9. The summed E-state index contributed by atoms with van der Waals surface area (Å²) >= 11 is 0. The van der Waals surface area contributed by atoms with Crippen molar-refractivity contribution in [3.63, 3.8) is 0 Å². The van der Waals surface area contributed by atoms with E-state index in [0.29, 0.717) is 12.4 Å². The molecule has 0 spiro atoms. The second-order valence-electron chi connectivity index (χ2n) is 4.48. The number of rotatable bonds is 1. The number of nitrogens with zero attached hydrogens (tertiary/aromatic N) is 1. The van der Waals surface area contributed by atoms with Crippen LogP contribution in [0.3, 0.4) is 0 Å². The van der Waals surface area contributed by atoms with E-state index in [2.05, 4.69) is 10.3 Å². The van der Waals surface area contributed by atoms with Gasteiger partial charge in [-0.1, -0.05) is 0 Å². The molecule has 16 heavy (non-hydrogen) atoms. The van der Waals surface area contributed by atoms with Crippen molar-refractivity contribution < 1.29 is 20.1 Å². The maximum absolute atomic E-state index is 9.92. The molecule has 0 aromatic rings. The molecule has 0 unspecified atom stereocenters. The van der Waals surface area contributed by atoms with Crippen LogP contribution < -0.4 is 5.32 Å². The summed E-state index contributed by atoms with van der Waals surface area (Å²) in [7, 11) is 1.59. The molecule has 2 aliphatic rings. The summed E-state index contributed by atoms with van der Waals surface area (Å²) in [6.45, 7) is 1.61. The number of nitrogens with one attached hydrogen (secondary N) is 1. The van der Waals surface area contributed by atoms with Crippen LogP contribution >= 0.6 is 0 Å². The molecular weight excluding hydrogens is 212 g/mol. The zero-order valence-corrected chi connectivity index (χ0v) is 9.37. The number of amidine groups is 1. The van der Waals surface area contributed by atoms with Crippen LogP contribution in [0.25, 0.3) is 0 Å². The van der Waals surface area contributed by atoms with E-state index in [0.717, 1.165) is 0 Å². The maximum Gasteiger partial charge on any atom is 0.285 e. The van der Waals surface area contributed by atoms with Crippen LogP contribution in [0.5, 0.6) is 0 Å². The first kappa shape index (κ1) is 11.6. The van der Waals surface area contributed by atoms with Gasteiger partial charge in [-0.15, -0.1) is 0 Å². The summed E-state index contributed by atoms with van der Waals surface area (Å²) in [5, 5.41) is 32.2. The second kappa shape index (κ2) is 4.20. The largest absolute Gasteiger partial charge is 0.460 e. The average Bonchev–Trinajstić information content (AvgIpc) is 2.66. The van der Waals surface area contributed by atoms with Gasteiger partial charge in [0.15, 0.2) is 0 Å². The van der Waals surface area contributed by atoms with Gasteiger partial charge in [-0.2, -0.15) is 0 Å². The number of ether oxygens (including phenoxy) is 1. The molecule has 1 aliphatic carbocycles. The van der Waals surface area contributed by atoms with Gasteiger partial charge in [0.25, 0.3) is 6.02 Å². The lowest BCUT2D eigenvalue weighted by molar-refractivity contribution is -0.111. The van der Waals surface area contributed by atoms with Crippen molar-refractivity contribution >= 4 is 6.02 Å².